The summed E-state index contributed by atoms with van der Waals surface area (Å²) >= 11 is 0. The van der Waals surface area contributed by atoms with Crippen molar-refractivity contribution in [3.8, 4) is 0 Å². The van der Waals surface area contributed by atoms with Gasteiger partial charge in [0.2, 0.25) is 0 Å². The van der Waals surface area contributed by atoms with Gasteiger partial charge in [-0.05, 0) is 19.3 Å². The first-order valence-corrected chi connectivity index (χ1v) is 18.6. The van der Waals surface area contributed by atoms with Gasteiger partial charge in [-0.25, -0.2) is 4.18 Å². The third kappa shape index (κ3) is 33.7. The molecule has 0 heterocycles. The molecule has 4 nitrogen and oxygen atoms in total. The minimum absolute atomic E-state index is 0.0478. The summed E-state index contributed by atoms with van der Waals surface area (Å²) in [5.41, 5.74) is 0. The molecule has 1 N–H and O–H groups in total. The van der Waals surface area contributed by atoms with Crippen LogP contribution in [0.2, 0.25) is 0 Å². The Labute approximate surface area is 245 Å². The van der Waals surface area contributed by atoms with E-state index in [0.29, 0.717) is 0 Å². The Kier molecular flexibility index (Phi) is 30.3. The normalized spacial score (nSPS) is 13.0. The van der Waals surface area contributed by atoms with E-state index in [1.807, 2.05) is 0 Å². The summed E-state index contributed by atoms with van der Waals surface area (Å²) in [4.78, 5) is 0. The molecule has 0 fully saturated rings. The van der Waals surface area contributed by atoms with Gasteiger partial charge in [-0.3, -0.25) is 4.55 Å². The van der Waals surface area contributed by atoms with Gasteiger partial charge in [0.05, 0.1) is 6.61 Å². The quantitative estimate of drug-likeness (QED) is 0.0494. The topological polar surface area (TPSA) is 63.6 Å². The number of hydrogen-bond acceptors (Lipinski definition) is 3. The van der Waals surface area contributed by atoms with Crippen molar-refractivity contribution in [3.05, 3.63) is 12.2 Å². The van der Waals surface area contributed by atoms with E-state index in [-0.39, 0.29) is 12.5 Å². The fraction of sp³-hybridized carbons (Fsp3) is 0.941. The number of rotatable bonds is 32. The molecule has 0 aliphatic heterocycles. The van der Waals surface area contributed by atoms with E-state index in [4.69, 9.17) is 8.74 Å². The van der Waals surface area contributed by atoms with E-state index in [2.05, 4.69) is 26.0 Å². The van der Waals surface area contributed by atoms with Crippen LogP contribution in [0.25, 0.3) is 0 Å². The van der Waals surface area contributed by atoms with Crippen molar-refractivity contribution < 1.29 is 17.2 Å². The van der Waals surface area contributed by atoms with Gasteiger partial charge in [0.25, 0.3) is 0 Å². The molecule has 0 aromatic rings. The maximum atomic E-state index is 11.0. The Balaban J connectivity index is 3.78. The van der Waals surface area contributed by atoms with E-state index in [1.54, 1.807) is 0 Å². The molecule has 0 aliphatic carbocycles. The summed E-state index contributed by atoms with van der Waals surface area (Å²) in [5, 5.41) is 0. The summed E-state index contributed by atoms with van der Waals surface area (Å²) in [6, 6.07) is 0. The van der Waals surface area contributed by atoms with Gasteiger partial charge >= 0.3 is 10.4 Å². The highest BCUT2D eigenvalue weighted by Crippen LogP contribution is 2.18. The van der Waals surface area contributed by atoms with Crippen LogP contribution in [0.4, 0.5) is 0 Å². The molecule has 0 spiro atoms. The monoisotopic (exact) mass is 572 g/mol. The van der Waals surface area contributed by atoms with Crippen molar-refractivity contribution in [2.75, 3.05) is 6.61 Å². The second kappa shape index (κ2) is 30.6. The molecule has 1 unspecified atom stereocenters. The lowest BCUT2D eigenvalue weighted by Crippen LogP contribution is -2.12. The predicted molar refractivity (Wildman–Crippen MR) is 171 cm³/mol. The van der Waals surface area contributed by atoms with Gasteiger partial charge in [0, 0.05) is 5.92 Å². The fourth-order valence-electron chi connectivity index (χ4n) is 5.40. The predicted octanol–water partition coefficient (Wildman–Crippen LogP) is 11.9. The largest absolute Gasteiger partial charge is 0.397 e. The van der Waals surface area contributed by atoms with E-state index < -0.39 is 10.4 Å². The van der Waals surface area contributed by atoms with Crippen molar-refractivity contribution in [1.29, 1.82) is 0 Å². The summed E-state index contributed by atoms with van der Waals surface area (Å²) in [5.74, 6) is 0.0570. The third-order valence-corrected chi connectivity index (χ3v) is 8.43. The van der Waals surface area contributed by atoms with Gasteiger partial charge in [0.1, 0.15) is 0 Å². The van der Waals surface area contributed by atoms with E-state index in [9.17, 15) is 8.42 Å². The highest BCUT2D eigenvalue weighted by Gasteiger charge is 2.11. The molecule has 0 bridgehead atoms. The van der Waals surface area contributed by atoms with Crippen molar-refractivity contribution >= 4 is 10.4 Å². The molecule has 0 amide bonds. The Bertz CT molecular complexity index is 602. The van der Waals surface area contributed by atoms with Gasteiger partial charge in [0.15, 0.2) is 0 Å². The zero-order valence-electron chi connectivity index (χ0n) is 26.3. The molecule has 0 radical (unpaired) electrons. The van der Waals surface area contributed by atoms with Crippen molar-refractivity contribution in [2.24, 2.45) is 5.92 Å². The van der Waals surface area contributed by atoms with E-state index in [1.165, 1.54) is 161 Å². The van der Waals surface area contributed by atoms with Crippen LogP contribution in [0.15, 0.2) is 12.2 Å². The second-order valence-electron chi connectivity index (χ2n) is 12.0. The van der Waals surface area contributed by atoms with Crippen LogP contribution in [0.1, 0.15) is 194 Å². The third-order valence-electron chi connectivity index (χ3n) is 7.99. The Morgan fingerprint density at radius 1 is 0.538 bits per heavy atom. The minimum Gasteiger partial charge on any atom is -0.264 e. The lowest BCUT2D eigenvalue weighted by atomic mass is 9.99. The molecule has 234 valence electrons. The summed E-state index contributed by atoms with van der Waals surface area (Å²) in [6.07, 6.45) is 41.2. The summed E-state index contributed by atoms with van der Waals surface area (Å²) in [7, 11) is -4.37. The lowest BCUT2D eigenvalue weighted by Gasteiger charge is -2.12. The smallest absolute Gasteiger partial charge is 0.264 e. The van der Waals surface area contributed by atoms with Crippen LogP contribution < -0.4 is 0 Å². The minimum atomic E-state index is -4.37. The first kappa shape index (κ1) is 38.6. The first-order valence-electron chi connectivity index (χ1n) is 17.3. The van der Waals surface area contributed by atoms with E-state index >= 15 is 0 Å². The van der Waals surface area contributed by atoms with Crippen molar-refractivity contribution in [3.63, 3.8) is 0 Å². The zero-order chi connectivity index (χ0) is 28.7. The standard InChI is InChI=1S/C34H68O4S/c1-3-5-7-9-11-13-15-17-19-21-23-25-27-29-31-34(33-38-39(35,36)37)32-30-28-26-24-22-20-18-16-14-12-10-8-6-4-2/h29,31,34H,3-28,30,32-33H2,1-2H3,(H,35,36,37)/b31-29+. The van der Waals surface area contributed by atoms with Gasteiger partial charge in [-0.15, -0.1) is 0 Å². The first-order chi connectivity index (χ1) is 19.0. The molecule has 0 saturated carbocycles. The average Bonchev–Trinajstić information content (AvgIpc) is 2.91. The van der Waals surface area contributed by atoms with Gasteiger partial charge in [-0.2, -0.15) is 8.42 Å². The van der Waals surface area contributed by atoms with Gasteiger partial charge in [-0.1, -0.05) is 187 Å². The molecule has 0 rings (SSSR count). The fourth-order valence-corrected chi connectivity index (χ4v) is 5.75. The highest BCUT2D eigenvalue weighted by molar-refractivity contribution is 7.80. The van der Waals surface area contributed by atoms with Crippen molar-refractivity contribution in [1.82, 2.24) is 0 Å². The van der Waals surface area contributed by atoms with Crippen LogP contribution in [0.5, 0.6) is 0 Å². The molecular formula is C34H68O4S. The summed E-state index contributed by atoms with van der Waals surface area (Å²) < 4.78 is 35.8. The zero-order valence-corrected chi connectivity index (χ0v) is 27.1. The maximum Gasteiger partial charge on any atom is 0.397 e. The Morgan fingerprint density at radius 3 is 1.23 bits per heavy atom. The van der Waals surface area contributed by atoms with Crippen LogP contribution in [-0.2, 0) is 14.6 Å². The Morgan fingerprint density at radius 2 is 0.872 bits per heavy atom. The number of unbranched alkanes of at least 4 members (excludes halogenated alkanes) is 25. The van der Waals surface area contributed by atoms with Crippen molar-refractivity contribution in [2.45, 2.75) is 194 Å². The molecule has 0 aliphatic rings. The van der Waals surface area contributed by atoms with Crippen LogP contribution >= 0.6 is 0 Å². The second-order valence-corrected chi connectivity index (χ2v) is 13.1. The molecular weight excluding hydrogens is 504 g/mol. The highest BCUT2D eigenvalue weighted by atomic mass is 32.3. The Hall–Kier alpha value is -0.390. The average molecular weight is 573 g/mol. The molecule has 39 heavy (non-hydrogen) atoms. The SMILES string of the molecule is CCCCCCCCCCCCCC/C=C/C(CCCCCCCCCCCCCCCC)COS(=O)(=O)O. The molecule has 0 saturated heterocycles. The molecule has 0 aromatic heterocycles. The lowest BCUT2D eigenvalue weighted by molar-refractivity contribution is 0.234. The molecule has 0 aromatic carbocycles. The number of allylic oxidation sites excluding steroid dienone is 1. The summed E-state index contributed by atoms with van der Waals surface area (Å²) in [6.45, 7) is 4.59. The molecule has 5 heteroatoms. The van der Waals surface area contributed by atoms with Crippen LogP contribution in [0.3, 0.4) is 0 Å². The van der Waals surface area contributed by atoms with Gasteiger partial charge < -0.3 is 0 Å². The number of hydrogen-bond donors (Lipinski definition) is 1. The maximum absolute atomic E-state index is 11.0. The molecule has 1 atom stereocenters. The van der Waals surface area contributed by atoms with Crippen LogP contribution in [0, 0.1) is 5.92 Å². The van der Waals surface area contributed by atoms with Crippen LogP contribution in [-0.4, -0.2) is 19.6 Å². The van der Waals surface area contributed by atoms with E-state index in [0.717, 1.165) is 19.3 Å².